The molecule has 0 aliphatic rings. The molecule has 0 saturated carbocycles. The van der Waals surface area contributed by atoms with Crippen LogP contribution in [0.25, 0.3) is 0 Å². The molecule has 6 heteroatoms. The van der Waals surface area contributed by atoms with Crippen molar-refractivity contribution in [3.63, 3.8) is 0 Å². The first-order chi connectivity index (χ1) is 39.0. The molecule has 1 unspecified atom stereocenters. The molecule has 0 heterocycles. The summed E-state index contributed by atoms with van der Waals surface area (Å²) in [6, 6.07) is 0. The molecule has 0 amide bonds. The molecule has 6 nitrogen and oxygen atoms in total. The average molecular weight is 1100 g/mol. The van der Waals surface area contributed by atoms with Crippen molar-refractivity contribution in [2.24, 2.45) is 0 Å². The van der Waals surface area contributed by atoms with Crippen molar-refractivity contribution in [2.75, 3.05) is 13.2 Å². The van der Waals surface area contributed by atoms with Crippen molar-refractivity contribution < 1.29 is 28.6 Å². The molecule has 79 heavy (non-hydrogen) atoms. The minimum atomic E-state index is -0.800. The van der Waals surface area contributed by atoms with Crippen LogP contribution in [0.1, 0.15) is 316 Å². The van der Waals surface area contributed by atoms with E-state index < -0.39 is 6.10 Å². The molecule has 0 fully saturated rings. The van der Waals surface area contributed by atoms with Gasteiger partial charge >= 0.3 is 17.9 Å². The summed E-state index contributed by atoms with van der Waals surface area (Å²) in [5.41, 5.74) is 0. The van der Waals surface area contributed by atoms with E-state index in [9.17, 15) is 14.4 Å². The zero-order valence-electron chi connectivity index (χ0n) is 51.9. The van der Waals surface area contributed by atoms with Crippen LogP contribution in [0.3, 0.4) is 0 Å². The maximum atomic E-state index is 12.9. The molecule has 0 aromatic carbocycles. The molecule has 0 aliphatic heterocycles. The third-order valence-corrected chi connectivity index (χ3v) is 14.3. The first kappa shape index (κ1) is 75.1. The largest absolute Gasteiger partial charge is 0.462 e. The van der Waals surface area contributed by atoms with E-state index in [2.05, 4.69) is 130 Å². The maximum Gasteiger partial charge on any atom is 0.306 e. The Morgan fingerprint density at radius 3 is 0.772 bits per heavy atom. The van der Waals surface area contributed by atoms with Crippen LogP contribution in [0.5, 0.6) is 0 Å². The van der Waals surface area contributed by atoms with Gasteiger partial charge in [0.05, 0.1) is 0 Å². The molecule has 1 atom stereocenters. The smallest absolute Gasteiger partial charge is 0.306 e. The highest BCUT2D eigenvalue weighted by Gasteiger charge is 2.19. The van der Waals surface area contributed by atoms with Crippen LogP contribution in [-0.4, -0.2) is 37.2 Å². The second kappa shape index (κ2) is 66.6. The Hall–Kier alpha value is -3.93. The molecule has 0 aliphatic carbocycles. The van der Waals surface area contributed by atoms with Crippen molar-refractivity contribution in [3.8, 4) is 0 Å². The van der Waals surface area contributed by atoms with Gasteiger partial charge in [0, 0.05) is 19.3 Å². The van der Waals surface area contributed by atoms with Gasteiger partial charge in [-0.2, -0.15) is 0 Å². The minimum Gasteiger partial charge on any atom is -0.462 e. The monoisotopic (exact) mass is 1100 g/mol. The summed E-state index contributed by atoms with van der Waals surface area (Å²) in [6.07, 6.45) is 91.1. The van der Waals surface area contributed by atoms with Gasteiger partial charge in [-0.25, -0.2) is 0 Å². The number of carbonyl (C=O) groups is 3. The Kier molecular flexibility index (Phi) is 63.3. The van der Waals surface area contributed by atoms with E-state index in [1.165, 1.54) is 167 Å². The number of hydrogen-bond acceptors (Lipinski definition) is 6. The molecule has 0 N–H and O–H groups in total. The van der Waals surface area contributed by atoms with Gasteiger partial charge in [-0.1, -0.05) is 323 Å². The van der Waals surface area contributed by atoms with Crippen molar-refractivity contribution in [2.45, 2.75) is 322 Å². The normalized spacial score (nSPS) is 12.8. The van der Waals surface area contributed by atoms with Gasteiger partial charge < -0.3 is 14.2 Å². The standard InChI is InChI=1S/C73H124O6/c1-4-7-10-13-16-19-22-25-27-29-31-33-34-35-36-37-38-39-40-41-43-44-46-48-51-54-57-60-63-66-72(75)78-69-70(68-77-71(74)65-62-59-56-53-50-24-21-18-15-12-9-6-3)79-73(76)67-64-61-58-55-52-49-47-45-42-32-30-28-26-23-20-17-14-11-8-5-2/h7,10,16,19,25,27,31,33,35-36,38-39,41,43,46,48,54,57,70H,4-6,8-9,11-15,17-18,20-24,26,28-30,32,34,37,40,42,44-45,47,49-53,55-56,58-69H2,1-3H3/b10-7-,19-16-,27-25-,33-31-,36-35-,39-38-,43-41-,48-46-,57-54-. The quantitative estimate of drug-likeness (QED) is 0.0261. The third-order valence-electron chi connectivity index (χ3n) is 14.3. The Labute approximate surface area is 489 Å². The van der Waals surface area contributed by atoms with Crippen molar-refractivity contribution in [1.29, 1.82) is 0 Å². The molecular formula is C73H124O6. The van der Waals surface area contributed by atoms with Gasteiger partial charge in [0.15, 0.2) is 6.10 Å². The topological polar surface area (TPSA) is 78.9 Å². The summed E-state index contributed by atoms with van der Waals surface area (Å²) in [6.45, 7) is 6.51. The molecule has 0 radical (unpaired) electrons. The maximum absolute atomic E-state index is 12.9. The Bertz CT molecular complexity index is 1590. The lowest BCUT2D eigenvalue weighted by atomic mass is 10.0. The Morgan fingerprint density at radius 1 is 0.266 bits per heavy atom. The van der Waals surface area contributed by atoms with Crippen LogP contribution < -0.4 is 0 Å². The number of carbonyl (C=O) groups excluding carboxylic acids is 3. The summed E-state index contributed by atoms with van der Waals surface area (Å²) in [4.78, 5) is 38.3. The third kappa shape index (κ3) is 64.8. The van der Waals surface area contributed by atoms with E-state index >= 15 is 0 Å². The van der Waals surface area contributed by atoms with E-state index in [0.29, 0.717) is 19.3 Å². The van der Waals surface area contributed by atoms with E-state index in [-0.39, 0.29) is 37.5 Å². The van der Waals surface area contributed by atoms with Crippen molar-refractivity contribution in [1.82, 2.24) is 0 Å². The summed E-state index contributed by atoms with van der Waals surface area (Å²) in [5.74, 6) is -0.942. The first-order valence-electron chi connectivity index (χ1n) is 33.4. The molecule has 0 aromatic heterocycles. The van der Waals surface area contributed by atoms with Gasteiger partial charge in [-0.15, -0.1) is 0 Å². The second-order valence-corrected chi connectivity index (χ2v) is 22.0. The zero-order valence-corrected chi connectivity index (χ0v) is 51.9. The highest BCUT2D eigenvalue weighted by molar-refractivity contribution is 5.71. The Balaban J connectivity index is 4.39. The fraction of sp³-hybridized carbons (Fsp3) is 0.712. The van der Waals surface area contributed by atoms with Crippen molar-refractivity contribution >= 4 is 17.9 Å². The summed E-state index contributed by atoms with van der Waals surface area (Å²) >= 11 is 0. The summed E-state index contributed by atoms with van der Waals surface area (Å²) < 4.78 is 16.9. The van der Waals surface area contributed by atoms with Gasteiger partial charge in [-0.05, 0) is 83.5 Å². The van der Waals surface area contributed by atoms with Crippen LogP contribution in [0.4, 0.5) is 0 Å². The molecule has 0 bridgehead atoms. The molecule has 452 valence electrons. The van der Waals surface area contributed by atoms with E-state index in [1.807, 2.05) is 0 Å². The number of esters is 3. The first-order valence-corrected chi connectivity index (χ1v) is 33.4. The van der Waals surface area contributed by atoms with Crippen LogP contribution in [-0.2, 0) is 28.6 Å². The van der Waals surface area contributed by atoms with E-state index in [4.69, 9.17) is 14.2 Å². The van der Waals surface area contributed by atoms with Crippen molar-refractivity contribution in [3.05, 3.63) is 109 Å². The number of rotatable bonds is 60. The fourth-order valence-electron chi connectivity index (χ4n) is 9.33. The van der Waals surface area contributed by atoms with Crippen LogP contribution in [0.15, 0.2) is 109 Å². The van der Waals surface area contributed by atoms with E-state index in [1.54, 1.807) is 0 Å². The van der Waals surface area contributed by atoms with Gasteiger partial charge in [0.2, 0.25) is 0 Å². The second-order valence-electron chi connectivity index (χ2n) is 22.0. The Morgan fingerprint density at radius 2 is 0.494 bits per heavy atom. The highest BCUT2D eigenvalue weighted by atomic mass is 16.6. The predicted molar refractivity (Wildman–Crippen MR) is 343 cm³/mol. The lowest BCUT2D eigenvalue weighted by molar-refractivity contribution is -0.167. The highest BCUT2D eigenvalue weighted by Crippen LogP contribution is 2.17. The summed E-state index contributed by atoms with van der Waals surface area (Å²) in [5, 5.41) is 0. The van der Waals surface area contributed by atoms with Gasteiger partial charge in [0.25, 0.3) is 0 Å². The van der Waals surface area contributed by atoms with Crippen LogP contribution in [0, 0.1) is 0 Å². The number of allylic oxidation sites excluding steroid dienone is 18. The molecule has 0 rings (SSSR count). The predicted octanol–water partition coefficient (Wildman–Crippen LogP) is 23.0. The summed E-state index contributed by atoms with van der Waals surface area (Å²) in [7, 11) is 0. The molecule has 0 saturated heterocycles. The molecule has 0 spiro atoms. The lowest BCUT2D eigenvalue weighted by Gasteiger charge is -2.18. The van der Waals surface area contributed by atoms with E-state index in [0.717, 1.165) is 103 Å². The average Bonchev–Trinajstić information content (AvgIpc) is 3.45. The number of unbranched alkanes of at least 4 members (excludes halogenated alkanes) is 31. The molecule has 0 aromatic rings. The zero-order chi connectivity index (χ0) is 57.1. The lowest BCUT2D eigenvalue weighted by Crippen LogP contribution is -2.30. The van der Waals surface area contributed by atoms with Gasteiger partial charge in [-0.3, -0.25) is 14.4 Å². The van der Waals surface area contributed by atoms with Crippen LogP contribution in [0.2, 0.25) is 0 Å². The number of ether oxygens (including phenoxy) is 3. The number of hydrogen-bond donors (Lipinski definition) is 0. The van der Waals surface area contributed by atoms with Gasteiger partial charge in [0.1, 0.15) is 13.2 Å². The fourth-order valence-corrected chi connectivity index (χ4v) is 9.33. The SMILES string of the molecule is CC/C=C\C/C=C\C/C=C\C/C=C\C/C=C\C/C=C\C/C=C\C/C=C\C/C=C\CCCC(=O)OCC(COC(=O)CCCCCCCCCCCCCC)OC(=O)CCCCCCCCCCCCCCCCCCCCCC. The van der Waals surface area contributed by atoms with Crippen LogP contribution >= 0.6 is 0 Å². The minimum absolute atomic E-state index is 0.0924. The molecular weight excluding hydrogens is 973 g/mol.